The number of ether oxygens (including phenoxy) is 1. The number of methoxy groups -OCH3 is 1. The van der Waals surface area contributed by atoms with E-state index in [1.165, 1.54) is 0 Å². The van der Waals surface area contributed by atoms with E-state index in [4.69, 9.17) is 10.5 Å². The smallest absolute Gasteiger partial charge is 0.161 e. The minimum absolute atomic E-state index is 0.00894. The molecule has 0 unspecified atom stereocenters. The fraction of sp³-hybridized carbons (Fsp3) is 0.500. The van der Waals surface area contributed by atoms with Crippen LogP contribution in [0.1, 0.15) is 30.1 Å². The molecule has 0 aromatic heterocycles. The van der Waals surface area contributed by atoms with Gasteiger partial charge in [-0.2, -0.15) is 0 Å². The van der Waals surface area contributed by atoms with Crippen molar-refractivity contribution >= 4 is 17.2 Å². The topological polar surface area (TPSA) is 55.6 Å². The summed E-state index contributed by atoms with van der Waals surface area (Å²) in [6, 6.07) is 5.66. The van der Waals surface area contributed by atoms with E-state index in [2.05, 4.69) is 4.90 Å². The molecule has 0 radical (unpaired) electrons. The van der Waals surface area contributed by atoms with E-state index >= 15 is 0 Å². The first kappa shape index (κ1) is 12.9. The van der Waals surface area contributed by atoms with Gasteiger partial charge < -0.3 is 15.4 Å². The average Bonchev–Trinajstić information content (AvgIpc) is 2.39. The maximum atomic E-state index is 11.5. The number of hydrogen-bond acceptors (Lipinski definition) is 4. The Morgan fingerprint density at radius 3 is 2.94 bits per heavy atom. The summed E-state index contributed by atoms with van der Waals surface area (Å²) in [6.07, 6.45) is 2.48. The molecule has 0 spiro atoms. The Morgan fingerprint density at radius 1 is 1.50 bits per heavy atom. The van der Waals surface area contributed by atoms with Crippen molar-refractivity contribution in [2.75, 3.05) is 30.8 Å². The monoisotopic (exact) mass is 248 g/mol. The molecule has 1 saturated heterocycles. The van der Waals surface area contributed by atoms with E-state index in [0.717, 1.165) is 31.6 Å². The maximum absolute atomic E-state index is 11.5. The largest absolute Gasteiger partial charge is 0.398 e. The number of carbonyl (C=O) groups is 1. The van der Waals surface area contributed by atoms with Crippen LogP contribution in [0.25, 0.3) is 0 Å². The number of Topliss-reactive ketones (excluding diaryl/α,β-unsaturated/α-hetero) is 1. The van der Waals surface area contributed by atoms with Crippen LogP contribution in [-0.2, 0) is 4.74 Å². The fourth-order valence-electron chi connectivity index (χ4n) is 2.41. The molecule has 1 fully saturated rings. The number of anilines is 2. The lowest BCUT2D eigenvalue weighted by Gasteiger charge is -2.33. The molecule has 0 saturated carbocycles. The highest BCUT2D eigenvalue weighted by molar-refractivity contribution is 6.00. The molecule has 4 nitrogen and oxygen atoms in total. The van der Waals surface area contributed by atoms with Crippen molar-refractivity contribution in [3.63, 3.8) is 0 Å². The molecule has 98 valence electrons. The van der Waals surface area contributed by atoms with Gasteiger partial charge in [-0.1, -0.05) is 0 Å². The molecular weight excluding hydrogens is 228 g/mol. The summed E-state index contributed by atoms with van der Waals surface area (Å²) in [7, 11) is 1.75. The predicted octanol–water partition coefficient (Wildman–Crippen LogP) is 2.09. The molecule has 1 aromatic carbocycles. The van der Waals surface area contributed by atoms with Crippen LogP contribution < -0.4 is 10.6 Å². The molecule has 0 amide bonds. The second-order valence-corrected chi connectivity index (χ2v) is 4.77. The van der Waals surface area contributed by atoms with Gasteiger partial charge in [0.1, 0.15) is 0 Å². The third kappa shape index (κ3) is 2.64. The van der Waals surface area contributed by atoms with Gasteiger partial charge in [0.25, 0.3) is 0 Å². The Labute approximate surface area is 108 Å². The molecule has 1 atom stereocenters. The van der Waals surface area contributed by atoms with Crippen LogP contribution in [-0.4, -0.2) is 32.1 Å². The second kappa shape index (κ2) is 5.40. The molecule has 1 aromatic rings. The van der Waals surface area contributed by atoms with E-state index < -0.39 is 0 Å². The van der Waals surface area contributed by atoms with Crippen LogP contribution >= 0.6 is 0 Å². The summed E-state index contributed by atoms with van der Waals surface area (Å²) in [5.74, 6) is 0.00894. The minimum atomic E-state index is 0.00894. The minimum Gasteiger partial charge on any atom is -0.398 e. The summed E-state index contributed by atoms with van der Waals surface area (Å²) in [5, 5.41) is 0. The van der Waals surface area contributed by atoms with Gasteiger partial charge in [-0.3, -0.25) is 4.79 Å². The number of carbonyl (C=O) groups excluding carboxylic acids is 1. The van der Waals surface area contributed by atoms with Crippen LogP contribution in [0.2, 0.25) is 0 Å². The summed E-state index contributed by atoms with van der Waals surface area (Å²) in [5.41, 5.74) is 8.01. The van der Waals surface area contributed by atoms with Crippen molar-refractivity contribution in [2.24, 2.45) is 0 Å². The zero-order chi connectivity index (χ0) is 13.1. The number of nitrogens with two attached hydrogens (primary N) is 1. The molecule has 1 aliphatic rings. The van der Waals surface area contributed by atoms with Crippen LogP contribution in [0.3, 0.4) is 0 Å². The van der Waals surface area contributed by atoms with Gasteiger partial charge in [0.2, 0.25) is 0 Å². The Morgan fingerprint density at radius 2 is 2.28 bits per heavy atom. The lowest BCUT2D eigenvalue weighted by molar-refractivity contribution is 0.0893. The van der Waals surface area contributed by atoms with E-state index in [0.29, 0.717) is 11.3 Å². The maximum Gasteiger partial charge on any atom is 0.161 e. The predicted molar refractivity (Wildman–Crippen MR) is 73.1 cm³/mol. The van der Waals surface area contributed by atoms with E-state index in [1.807, 2.05) is 18.2 Å². The van der Waals surface area contributed by atoms with Gasteiger partial charge in [-0.15, -0.1) is 0 Å². The van der Waals surface area contributed by atoms with Crippen molar-refractivity contribution in [1.82, 2.24) is 0 Å². The third-order valence-corrected chi connectivity index (χ3v) is 3.49. The number of benzene rings is 1. The van der Waals surface area contributed by atoms with Crippen molar-refractivity contribution < 1.29 is 9.53 Å². The first-order chi connectivity index (χ1) is 8.61. The fourth-order valence-corrected chi connectivity index (χ4v) is 2.41. The number of piperidine rings is 1. The number of nitrogen functional groups attached to an aromatic ring is 1. The Hall–Kier alpha value is -1.55. The lowest BCUT2D eigenvalue weighted by atomic mass is 10.0. The zero-order valence-electron chi connectivity index (χ0n) is 11.0. The summed E-state index contributed by atoms with van der Waals surface area (Å²) < 4.78 is 5.41. The molecular formula is C14H20N2O2. The van der Waals surface area contributed by atoms with Crippen LogP contribution in [0.15, 0.2) is 18.2 Å². The summed E-state index contributed by atoms with van der Waals surface area (Å²) in [4.78, 5) is 13.8. The molecule has 1 heterocycles. The standard InChI is InChI=1S/C14H20N2O2/c1-10(17)13-8-11(5-6-14(13)15)16-7-3-4-12(9-16)18-2/h5-6,8,12H,3-4,7,9,15H2,1-2H3/t12-/m0/s1. The Balaban J connectivity index is 2.22. The summed E-state index contributed by atoms with van der Waals surface area (Å²) in [6.45, 7) is 3.42. The molecule has 2 rings (SSSR count). The van der Waals surface area contributed by atoms with Gasteiger partial charge in [0, 0.05) is 37.1 Å². The van der Waals surface area contributed by atoms with Crippen molar-refractivity contribution in [2.45, 2.75) is 25.9 Å². The molecule has 0 bridgehead atoms. The molecule has 1 aliphatic heterocycles. The number of rotatable bonds is 3. The van der Waals surface area contributed by atoms with Gasteiger partial charge in [0.05, 0.1) is 6.10 Å². The zero-order valence-corrected chi connectivity index (χ0v) is 11.0. The SMILES string of the molecule is CO[C@H]1CCCN(c2ccc(N)c(C(C)=O)c2)C1. The van der Waals surface area contributed by atoms with E-state index in [9.17, 15) is 4.79 Å². The highest BCUT2D eigenvalue weighted by Crippen LogP contribution is 2.25. The lowest BCUT2D eigenvalue weighted by Crippen LogP contribution is -2.39. The van der Waals surface area contributed by atoms with Crippen molar-refractivity contribution in [3.8, 4) is 0 Å². The third-order valence-electron chi connectivity index (χ3n) is 3.49. The van der Waals surface area contributed by atoms with Gasteiger partial charge >= 0.3 is 0 Å². The molecule has 2 N–H and O–H groups in total. The normalized spacial score (nSPS) is 19.9. The number of ketones is 1. The molecule has 18 heavy (non-hydrogen) atoms. The van der Waals surface area contributed by atoms with Crippen LogP contribution in [0.4, 0.5) is 11.4 Å². The number of hydrogen-bond donors (Lipinski definition) is 1. The highest BCUT2D eigenvalue weighted by Gasteiger charge is 2.20. The van der Waals surface area contributed by atoms with Gasteiger partial charge in [-0.25, -0.2) is 0 Å². The molecule has 0 aliphatic carbocycles. The Kier molecular flexibility index (Phi) is 3.87. The van der Waals surface area contributed by atoms with Gasteiger partial charge in [0.15, 0.2) is 5.78 Å². The second-order valence-electron chi connectivity index (χ2n) is 4.77. The first-order valence-electron chi connectivity index (χ1n) is 6.30. The van der Waals surface area contributed by atoms with E-state index in [1.54, 1.807) is 14.0 Å². The number of nitrogens with zero attached hydrogens (tertiary/aromatic N) is 1. The van der Waals surface area contributed by atoms with Gasteiger partial charge in [-0.05, 0) is 38.0 Å². The van der Waals surface area contributed by atoms with Crippen molar-refractivity contribution in [3.05, 3.63) is 23.8 Å². The summed E-state index contributed by atoms with van der Waals surface area (Å²) >= 11 is 0. The highest BCUT2D eigenvalue weighted by atomic mass is 16.5. The van der Waals surface area contributed by atoms with Crippen LogP contribution in [0, 0.1) is 0 Å². The van der Waals surface area contributed by atoms with Crippen LogP contribution in [0.5, 0.6) is 0 Å². The average molecular weight is 248 g/mol. The van der Waals surface area contributed by atoms with E-state index in [-0.39, 0.29) is 11.9 Å². The van der Waals surface area contributed by atoms with Crippen molar-refractivity contribution in [1.29, 1.82) is 0 Å². The first-order valence-corrected chi connectivity index (χ1v) is 6.30. The molecule has 4 heteroatoms. The quantitative estimate of drug-likeness (QED) is 0.657. The Bertz CT molecular complexity index is 445.